The van der Waals surface area contributed by atoms with Crippen molar-refractivity contribution >= 4 is 33.3 Å². The van der Waals surface area contributed by atoms with Crippen LogP contribution in [0.5, 0.6) is 11.5 Å². The molecule has 0 saturated heterocycles. The second kappa shape index (κ2) is 18.9. The maximum atomic E-state index is 13.7. The van der Waals surface area contributed by atoms with Crippen LogP contribution in [0.3, 0.4) is 0 Å². The molecule has 0 saturated carbocycles. The summed E-state index contributed by atoms with van der Waals surface area (Å²) < 4.78 is 111. The molecule has 0 bridgehead atoms. The highest BCUT2D eigenvalue weighted by Crippen LogP contribution is 2.37. The number of rotatable bonds is 15. The highest BCUT2D eigenvalue weighted by Gasteiger charge is 2.38. The number of anilines is 1. The van der Waals surface area contributed by atoms with Crippen molar-refractivity contribution in [2.24, 2.45) is 0 Å². The zero-order valence-corrected chi connectivity index (χ0v) is 29.6. The van der Waals surface area contributed by atoms with Crippen molar-refractivity contribution in [1.82, 2.24) is 4.90 Å². The van der Waals surface area contributed by atoms with Gasteiger partial charge in [0.1, 0.15) is 0 Å². The molecule has 4 aromatic rings. The molecule has 0 radical (unpaired) electrons. The molecule has 0 aliphatic rings. The number of halogens is 7. The van der Waals surface area contributed by atoms with Crippen LogP contribution in [0, 0.1) is 0 Å². The van der Waals surface area contributed by atoms with E-state index in [-0.39, 0.29) is 29.8 Å². The molecule has 0 fully saturated rings. The summed E-state index contributed by atoms with van der Waals surface area (Å²) in [4.78, 5) is 11.0. The van der Waals surface area contributed by atoms with Gasteiger partial charge in [0.15, 0.2) is 11.5 Å². The summed E-state index contributed by atoms with van der Waals surface area (Å²) in [7, 11) is -1.99. The first-order valence-electron chi connectivity index (χ1n) is 15.7. The quantitative estimate of drug-likeness (QED) is 0.0919. The summed E-state index contributed by atoms with van der Waals surface area (Å²) >= 11 is 6.32. The van der Waals surface area contributed by atoms with Crippen LogP contribution in [0.25, 0.3) is 0 Å². The molecule has 2 N–H and O–H groups in total. The van der Waals surface area contributed by atoms with E-state index in [1.807, 2.05) is 60.7 Å². The van der Waals surface area contributed by atoms with Gasteiger partial charge in [-0.3, -0.25) is 9.62 Å². The number of benzene rings is 4. The molecule has 0 spiro atoms. The Morgan fingerprint density at radius 3 is 1.96 bits per heavy atom. The van der Waals surface area contributed by atoms with Crippen LogP contribution in [0.2, 0.25) is 5.02 Å². The molecule has 4 rings (SSSR count). The Bertz CT molecular complexity index is 1810. The standard InChI is InChI=1S/C34H36ClF3N2O4S.C2HF3O2/c1-3-45(41,42)39-28-18-19-31(43-2)32(22-28)44-21-11-20-40(23-27-16-10-17-30(33(27)35)34(36,37)38)24-29(25-12-6-4-7-13-25)26-14-8-5-9-15-26;3-2(4,5)1(6)7/h4-10,12-19,22,29,39H,3,11,20-21,23-24H2,1-2H3;(H,6,7). The summed E-state index contributed by atoms with van der Waals surface area (Å²) in [5, 5.41) is 6.82. The molecule has 0 aromatic heterocycles. The lowest BCUT2D eigenvalue weighted by atomic mass is 9.90. The van der Waals surface area contributed by atoms with Crippen LogP contribution in [0.1, 0.15) is 41.5 Å². The van der Waals surface area contributed by atoms with Crippen molar-refractivity contribution in [3.05, 3.63) is 124 Å². The van der Waals surface area contributed by atoms with E-state index in [1.54, 1.807) is 31.2 Å². The molecule has 52 heavy (non-hydrogen) atoms. The molecule has 8 nitrogen and oxygen atoms in total. The Labute approximate surface area is 303 Å². The Hall–Kier alpha value is -4.47. The smallest absolute Gasteiger partial charge is 0.490 e. The number of carboxylic acid groups (broad SMARTS) is 1. The van der Waals surface area contributed by atoms with Crippen molar-refractivity contribution in [3.8, 4) is 11.5 Å². The number of ether oxygens (including phenoxy) is 2. The molecule has 0 heterocycles. The fourth-order valence-electron chi connectivity index (χ4n) is 5.00. The Kier molecular flexibility index (Phi) is 15.2. The Balaban J connectivity index is 0.000000944. The third-order valence-corrected chi connectivity index (χ3v) is 9.31. The number of alkyl halides is 6. The molecular weight excluding hydrogens is 738 g/mol. The van der Waals surface area contributed by atoms with Crippen LogP contribution < -0.4 is 14.2 Å². The van der Waals surface area contributed by atoms with E-state index in [1.165, 1.54) is 13.2 Å². The Morgan fingerprint density at radius 1 is 0.885 bits per heavy atom. The average molecular weight is 775 g/mol. The fraction of sp³-hybridized carbons (Fsp3) is 0.306. The predicted molar refractivity (Wildman–Crippen MR) is 186 cm³/mol. The number of nitrogens with one attached hydrogen (secondary N) is 1. The van der Waals surface area contributed by atoms with E-state index in [4.69, 9.17) is 31.0 Å². The van der Waals surface area contributed by atoms with Crippen LogP contribution in [0.15, 0.2) is 97.1 Å². The summed E-state index contributed by atoms with van der Waals surface area (Å²) in [6, 6.07) is 28.7. The van der Waals surface area contributed by atoms with Crippen molar-refractivity contribution in [2.45, 2.75) is 38.2 Å². The topological polar surface area (TPSA) is 105 Å². The van der Waals surface area contributed by atoms with Crippen molar-refractivity contribution in [2.75, 3.05) is 37.3 Å². The molecule has 16 heteroatoms. The molecule has 0 amide bonds. The number of sulfonamides is 1. The number of hydrogen-bond acceptors (Lipinski definition) is 6. The largest absolute Gasteiger partial charge is 0.493 e. The van der Waals surface area contributed by atoms with Gasteiger partial charge in [0, 0.05) is 31.6 Å². The number of nitrogens with zero attached hydrogens (tertiary/aromatic N) is 1. The highest BCUT2D eigenvalue weighted by molar-refractivity contribution is 7.92. The molecule has 0 aliphatic heterocycles. The minimum absolute atomic E-state index is 0.0544. The molecule has 282 valence electrons. The first kappa shape index (κ1) is 41.9. The van der Waals surface area contributed by atoms with E-state index in [0.717, 1.165) is 17.2 Å². The molecule has 0 unspecified atom stereocenters. The third-order valence-electron chi connectivity index (χ3n) is 7.56. The summed E-state index contributed by atoms with van der Waals surface area (Å²) in [6.45, 7) is 2.97. The lowest BCUT2D eigenvalue weighted by Crippen LogP contribution is -2.31. The lowest BCUT2D eigenvalue weighted by Gasteiger charge is -2.29. The number of carbonyl (C=O) groups is 1. The van der Waals surface area contributed by atoms with Crippen molar-refractivity contribution < 1.29 is 54.1 Å². The van der Waals surface area contributed by atoms with Gasteiger partial charge >= 0.3 is 18.3 Å². The molecule has 0 atom stereocenters. The predicted octanol–water partition coefficient (Wildman–Crippen LogP) is 8.87. The first-order chi connectivity index (χ1) is 24.4. The van der Waals surface area contributed by atoms with E-state index < -0.39 is 33.9 Å². The SMILES string of the molecule is CCS(=O)(=O)Nc1ccc(OC)c(OCCCN(Cc2cccc(C(F)(F)F)c2Cl)CC(c2ccccc2)c2ccccc2)c1.O=C(O)C(F)(F)F. The summed E-state index contributed by atoms with van der Waals surface area (Å²) in [6.07, 6.45) is -9.14. The number of aliphatic carboxylic acids is 1. The zero-order valence-electron chi connectivity index (χ0n) is 28.0. The second-order valence-electron chi connectivity index (χ2n) is 11.3. The van der Waals surface area contributed by atoms with E-state index in [2.05, 4.69) is 9.62 Å². The number of hydrogen-bond donors (Lipinski definition) is 2. The first-order valence-corrected chi connectivity index (χ1v) is 17.8. The van der Waals surface area contributed by atoms with Gasteiger partial charge in [-0.2, -0.15) is 26.3 Å². The van der Waals surface area contributed by atoms with Gasteiger partial charge in [0.2, 0.25) is 10.0 Å². The Morgan fingerprint density at radius 2 is 1.46 bits per heavy atom. The fourth-order valence-corrected chi connectivity index (χ4v) is 5.93. The van der Waals surface area contributed by atoms with Crippen molar-refractivity contribution in [3.63, 3.8) is 0 Å². The monoisotopic (exact) mass is 774 g/mol. The maximum Gasteiger partial charge on any atom is 0.490 e. The third kappa shape index (κ3) is 12.9. The van der Waals surface area contributed by atoms with Crippen molar-refractivity contribution in [1.29, 1.82) is 0 Å². The zero-order chi connectivity index (χ0) is 38.5. The number of carboxylic acids is 1. The average Bonchev–Trinajstić information content (AvgIpc) is 3.09. The molecular formula is C36H37ClF6N2O6S. The van der Waals surface area contributed by atoms with Crippen LogP contribution in [-0.2, 0) is 27.5 Å². The minimum atomic E-state index is -5.08. The van der Waals surface area contributed by atoms with Gasteiger partial charge in [-0.05, 0) is 48.2 Å². The van der Waals surface area contributed by atoms with Gasteiger partial charge in [-0.1, -0.05) is 84.4 Å². The highest BCUT2D eigenvalue weighted by atomic mass is 35.5. The van der Waals surface area contributed by atoms with E-state index >= 15 is 0 Å². The summed E-state index contributed by atoms with van der Waals surface area (Å²) in [5.74, 6) is -2.08. The van der Waals surface area contributed by atoms with Crippen LogP contribution >= 0.6 is 11.6 Å². The van der Waals surface area contributed by atoms with Gasteiger partial charge in [0.05, 0.1) is 35.7 Å². The van der Waals surface area contributed by atoms with Gasteiger partial charge in [-0.25, -0.2) is 13.2 Å². The molecule has 0 aliphatic carbocycles. The van der Waals surface area contributed by atoms with Gasteiger partial charge < -0.3 is 14.6 Å². The second-order valence-corrected chi connectivity index (χ2v) is 13.7. The van der Waals surface area contributed by atoms with E-state index in [0.29, 0.717) is 42.3 Å². The number of methoxy groups -OCH3 is 1. The van der Waals surface area contributed by atoms with Gasteiger partial charge in [-0.15, -0.1) is 0 Å². The normalized spacial score (nSPS) is 11.9. The lowest BCUT2D eigenvalue weighted by molar-refractivity contribution is -0.192. The molecule has 4 aromatic carbocycles. The maximum absolute atomic E-state index is 13.7. The van der Waals surface area contributed by atoms with Gasteiger partial charge in [0.25, 0.3) is 0 Å². The van der Waals surface area contributed by atoms with Crippen LogP contribution in [0.4, 0.5) is 32.0 Å². The minimum Gasteiger partial charge on any atom is -0.493 e. The van der Waals surface area contributed by atoms with E-state index in [9.17, 15) is 34.8 Å². The van der Waals surface area contributed by atoms with Crippen LogP contribution in [-0.4, -0.2) is 63.1 Å². The summed E-state index contributed by atoms with van der Waals surface area (Å²) in [5.41, 5.74) is 2.03.